The number of ether oxygens (including phenoxy) is 1. The summed E-state index contributed by atoms with van der Waals surface area (Å²) in [5.41, 5.74) is 2.18. The van der Waals surface area contributed by atoms with Crippen molar-refractivity contribution in [3.63, 3.8) is 0 Å². The van der Waals surface area contributed by atoms with E-state index in [9.17, 15) is 14.0 Å². The fourth-order valence-corrected chi connectivity index (χ4v) is 6.28. The second kappa shape index (κ2) is 6.47. The van der Waals surface area contributed by atoms with E-state index in [-0.39, 0.29) is 23.1 Å². The molecule has 0 aromatic heterocycles. The van der Waals surface area contributed by atoms with Gasteiger partial charge in [-0.05, 0) is 79.0 Å². The third-order valence-corrected chi connectivity index (χ3v) is 7.48. The molecule has 4 heteroatoms. The van der Waals surface area contributed by atoms with Crippen LogP contribution in [0.3, 0.4) is 0 Å². The lowest BCUT2D eigenvalue weighted by Gasteiger charge is -2.50. The molecule has 0 N–H and O–H groups in total. The lowest BCUT2D eigenvalue weighted by molar-refractivity contribution is -0.141. The first kappa shape index (κ1) is 17.7. The number of Topliss-reactive ketones (excluding diaryl/α,β-unsaturated/α-hetero) is 1. The standard InChI is InChI=1S/C22H27FO3/c1-22-10-9-17-16-7-5-15(23)11-13(16)3-6-18(17)21(22)14(12-19(22)24)4-8-20(25)26-2/h5,7,11,14,17-18,21H,3-4,6,8-10,12H2,1-2H3/t14-,17?,18-,21?,22-/m1/s1. The number of benzene rings is 1. The maximum Gasteiger partial charge on any atom is 0.305 e. The summed E-state index contributed by atoms with van der Waals surface area (Å²) in [5, 5.41) is 0. The molecule has 2 saturated carbocycles. The summed E-state index contributed by atoms with van der Waals surface area (Å²) in [7, 11) is 1.42. The molecule has 3 aliphatic carbocycles. The number of hydrogen-bond donors (Lipinski definition) is 0. The van der Waals surface area contributed by atoms with Crippen LogP contribution in [0.2, 0.25) is 0 Å². The molecule has 140 valence electrons. The van der Waals surface area contributed by atoms with Crippen molar-refractivity contribution in [3.8, 4) is 0 Å². The first-order chi connectivity index (χ1) is 12.4. The Hall–Kier alpha value is -1.71. The number of rotatable bonds is 3. The highest BCUT2D eigenvalue weighted by atomic mass is 19.1. The number of carbonyl (C=O) groups is 2. The predicted molar refractivity (Wildman–Crippen MR) is 96.1 cm³/mol. The number of methoxy groups -OCH3 is 1. The Labute approximate surface area is 154 Å². The Balaban J connectivity index is 1.63. The van der Waals surface area contributed by atoms with Gasteiger partial charge in [-0.15, -0.1) is 0 Å². The highest BCUT2D eigenvalue weighted by molar-refractivity contribution is 5.87. The average molecular weight is 358 g/mol. The van der Waals surface area contributed by atoms with E-state index in [4.69, 9.17) is 4.74 Å². The number of hydrogen-bond acceptors (Lipinski definition) is 3. The van der Waals surface area contributed by atoms with Crippen LogP contribution in [-0.2, 0) is 20.7 Å². The van der Waals surface area contributed by atoms with Gasteiger partial charge in [0.2, 0.25) is 0 Å². The van der Waals surface area contributed by atoms with Crippen LogP contribution in [0.1, 0.15) is 62.5 Å². The predicted octanol–water partition coefficient (Wildman–Crippen LogP) is 4.43. The first-order valence-corrected chi connectivity index (χ1v) is 9.82. The number of ketones is 1. The quantitative estimate of drug-likeness (QED) is 0.751. The minimum atomic E-state index is -0.251. The van der Waals surface area contributed by atoms with Gasteiger partial charge in [-0.2, -0.15) is 0 Å². The van der Waals surface area contributed by atoms with Gasteiger partial charge in [-0.3, -0.25) is 9.59 Å². The topological polar surface area (TPSA) is 43.4 Å². The van der Waals surface area contributed by atoms with E-state index >= 15 is 0 Å². The van der Waals surface area contributed by atoms with E-state index in [1.54, 1.807) is 12.1 Å². The monoisotopic (exact) mass is 358 g/mol. The van der Waals surface area contributed by atoms with Gasteiger partial charge < -0.3 is 4.74 Å². The lowest BCUT2D eigenvalue weighted by atomic mass is 9.54. The van der Waals surface area contributed by atoms with Crippen LogP contribution >= 0.6 is 0 Å². The molecule has 0 amide bonds. The zero-order valence-corrected chi connectivity index (χ0v) is 15.6. The Kier molecular flexibility index (Phi) is 4.40. The van der Waals surface area contributed by atoms with Crippen molar-refractivity contribution >= 4 is 11.8 Å². The zero-order chi connectivity index (χ0) is 18.5. The molecule has 0 spiro atoms. The fraction of sp³-hybridized carbons (Fsp3) is 0.636. The van der Waals surface area contributed by atoms with Crippen molar-refractivity contribution < 1.29 is 18.7 Å². The van der Waals surface area contributed by atoms with Crippen LogP contribution in [0.15, 0.2) is 18.2 Å². The molecule has 3 nitrogen and oxygen atoms in total. The summed E-state index contributed by atoms with van der Waals surface area (Å²) in [6.45, 7) is 2.15. The molecule has 1 aromatic rings. The Morgan fingerprint density at radius 2 is 2.15 bits per heavy atom. The molecule has 26 heavy (non-hydrogen) atoms. The number of esters is 1. The maximum absolute atomic E-state index is 13.6. The number of halogens is 1. The van der Waals surface area contributed by atoms with Crippen LogP contribution in [0, 0.1) is 29.0 Å². The fourth-order valence-electron chi connectivity index (χ4n) is 6.28. The summed E-state index contributed by atoms with van der Waals surface area (Å²) >= 11 is 0. The number of aryl methyl sites for hydroxylation is 1. The molecule has 0 aliphatic heterocycles. The van der Waals surface area contributed by atoms with Crippen molar-refractivity contribution in [2.75, 3.05) is 7.11 Å². The lowest BCUT2D eigenvalue weighted by Crippen LogP contribution is -2.44. The largest absolute Gasteiger partial charge is 0.469 e. The van der Waals surface area contributed by atoms with Crippen molar-refractivity contribution in [3.05, 3.63) is 35.1 Å². The normalized spacial score (nSPS) is 35.4. The number of fused-ring (bicyclic) bond motifs is 5. The highest BCUT2D eigenvalue weighted by Crippen LogP contribution is 2.62. The highest BCUT2D eigenvalue weighted by Gasteiger charge is 2.58. The smallest absolute Gasteiger partial charge is 0.305 e. The van der Waals surface area contributed by atoms with Gasteiger partial charge in [0, 0.05) is 18.3 Å². The van der Waals surface area contributed by atoms with E-state index in [1.807, 2.05) is 6.07 Å². The molecule has 2 unspecified atom stereocenters. The van der Waals surface area contributed by atoms with Gasteiger partial charge >= 0.3 is 5.97 Å². The molecule has 0 heterocycles. The Morgan fingerprint density at radius 3 is 2.92 bits per heavy atom. The van der Waals surface area contributed by atoms with Crippen LogP contribution in [-0.4, -0.2) is 18.9 Å². The van der Waals surface area contributed by atoms with Gasteiger partial charge in [-0.1, -0.05) is 13.0 Å². The first-order valence-electron chi connectivity index (χ1n) is 9.82. The molecule has 1 aromatic carbocycles. The van der Waals surface area contributed by atoms with Gasteiger partial charge in [-0.25, -0.2) is 4.39 Å². The second-order valence-corrected chi connectivity index (χ2v) is 8.64. The minimum absolute atomic E-state index is 0.158. The molecule has 0 radical (unpaired) electrons. The molecule has 3 aliphatic rings. The summed E-state index contributed by atoms with van der Waals surface area (Å²) in [6.07, 6.45) is 5.53. The van der Waals surface area contributed by atoms with Crippen molar-refractivity contribution in [1.29, 1.82) is 0 Å². The summed E-state index contributed by atoms with van der Waals surface area (Å²) in [4.78, 5) is 24.5. The van der Waals surface area contributed by atoms with Gasteiger partial charge in [0.25, 0.3) is 0 Å². The van der Waals surface area contributed by atoms with Gasteiger partial charge in [0.05, 0.1) is 7.11 Å². The molecule has 0 bridgehead atoms. The Morgan fingerprint density at radius 1 is 1.35 bits per heavy atom. The van der Waals surface area contributed by atoms with Crippen molar-refractivity contribution in [2.24, 2.45) is 23.2 Å². The van der Waals surface area contributed by atoms with E-state index in [1.165, 1.54) is 12.7 Å². The van der Waals surface area contributed by atoms with Crippen molar-refractivity contribution in [2.45, 2.75) is 57.8 Å². The maximum atomic E-state index is 13.6. The van der Waals surface area contributed by atoms with E-state index in [2.05, 4.69) is 6.92 Å². The minimum Gasteiger partial charge on any atom is -0.469 e. The van der Waals surface area contributed by atoms with Crippen LogP contribution in [0.5, 0.6) is 0 Å². The summed E-state index contributed by atoms with van der Waals surface area (Å²) < 4.78 is 18.4. The third-order valence-electron chi connectivity index (χ3n) is 7.48. The molecule has 0 saturated heterocycles. The van der Waals surface area contributed by atoms with Crippen molar-refractivity contribution in [1.82, 2.24) is 0 Å². The molecule has 4 rings (SSSR count). The van der Waals surface area contributed by atoms with Crippen LogP contribution in [0.25, 0.3) is 0 Å². The molecular formula is C22H27FO3. The summed E-state index contributed by atoms with van der Waals surface area (Å²) in [5.74, 6) is 1.50. The zero-order valence-electron chi connectivity index (χ0n) is 15.6. The second-order valence-electron chi connectivity index (χ2n) is 8.64. The molecule has 2 fully saturated rings. The van der Waals surface area contributed by atoms with Gasteiger partial charge in [0.1, 0.15) is 11.6 Å². The Bertz CT molecular complexity index is 743. The SMILES string of the molecule is COC(=O)CC[C@@H]1CC(=O)[C@@]2(C)CCC3c4ccc(F)cc4CC[C@H]3C12. The van der Waals surface area contributed by atoms with E-state index in [0.29, 0.717) is 36.4 Å². The average Bonchev–Trinajstić information content (AvgIpc) is 2.89. The third kappa shape index (κ3) is 2.69. The molecular weight excluding hydrogens is 331 g/mol. The molecule has 5 atom stereocenters. The van der Waals surface area contributed by atoms with E-state index < -0.39 is 0 Å². The van der Waals surface area contributed by atoms with Gasteiger partial charge in [0.15, 0.2) is 0 Å². The van der Waals surface area contributed by atoms with E-state index in [0.717, 1.165) is 37.7 Å². The van der Waals surface area contributed by atoms with Crippen LogP contribution < -0.4 is 0 Å². The summed E-state index contributed by atoms with van der Waals surface area (Å²) in [6, 6.07) is 5.22. The number of carbonyl (C=O) groups excluding carboxylic acids is 2. The van der Waals surface area contributed by atoms with Crippen LogP contribution in [0.4, 0.5) is 4.39 Å².